The Balaban J connectivity index is 1.58. The minimum Gasteiger partial charge on any atom is -0.508 e. The maximum Gasteiger partial charge on any atom is 0.273 e. The molecule has 0 atom stereocenters. The number of fused-ring (bicyclic) bond motifs is 1. The van der Waals surface area contributed by atoms with E-state index in [-0.39, 0.29) is 22.2 Å². The highest BCUT2D eigenvalue weighted by Crippen LogP contribution is 2.32. The molecule has 5 N–H and O–H groups in total. The van der Waals surface area contributed by atoms with Gasteiger partial charge in [0.1, 0.15) is 24.7 Å². The summed E-state index contributed by atoms with van der Waals surface area (Å²) in [5.74, 6) is 0.207. The van der Waals surface area contributed by atoms with E-state index in [1.807, 2.05) is 0 Å². The van der Waals surface area contributed by atoms with Crippen LogP contribution < -0.4 is 25.6 Å². The number of carbonyl (C=O) groups excluding carboxylic acids is 1. The topological polar surface area (TPSA) is 112 Å². The quantitative estimate of drug-likeness (QED) is 0.311. The molecule has 0 unspecified atom stereocenters. The van der Waals surface area contributed by atoms with Crippen LogP contribution in [0.15, 0.2) is 36.4 Å². The predicted molar refractivity (Wildman–Crippen MR) is 94.0 cm³/mol. The minimum atomic E-state index is -0.653. The Kier molecular flexibility index (Phi) is 4.75. The molecule has 0 aliphatic carbocycles. The van der Waals surface area contributed by atoms with Gasteiger partial charge in [0.2, 0.25) is 0 Å². The van der Waals surface area contributed by atoms with Gasteiger partial charge in [-0.2, -0.15) is 0 Å². The Morgan fingerprint density at radius 3 is 2.56 bits per heavy atom. The fraction of sp³-hybridized carbons (Fsp3) is 0.125. The Bertz CT molecular complexity index is 827. The van der Waals surface area contributed by atoms with Crippen molar-refractivity contribution in [1.82, 2.24) is 10.9 Å². The number of nitrogens with one attached hydrogen (secondary N) is 3. The van der Waals surface area contributed by atoms with Gasteiger partial charge in [-0.05, 0) is 42.5 Å². The molecule has 0 saturated carbocycles. The van der Waals surface area contributed by atoms with Crippen LogP contribution in [0.4, 0.5) is 5.69 Å². The lowest BCUT2D eigenvalue weighted by molar-refractivity contribution is 0.0941. The van der Waals surface area contributed by atoms with Crippen LogP contribution in [0.25, 0.3) is 0 Å². The number of hydrazine groups is 1. The van der Waals surface area contributed by atoms with Crippen molar-refractivity contribution in [2.24, 2.45) is 0 Å². The fourth-order valence-corrected chi connectivity index (χ4v) is 2.34. The lowest BCUT2D eigenvalue weighted by Crippen LogP contribution is -2.43. The van der Waals surface area contributed by atoms with Gasteiger partial charge in [0, 0.05) is 11.8 Å². The maximum absolute atomic E-state index is 12.0. The summed E-state index contributed by atoms with van der Waals surface area (Å²) in [6.45, 7) is 0.982. The highest BCUT2D eigenvalue weighted by Gasteiger charge is 2.14. The van der Waals surface area contributed by atoms with E-state index in [0.29, 0.717) is 30.4 Å². The normalized spacial score (nSPS) is 12.2. The molecule has 0 spiro atoms. The van der Waals surface area contributed by atoms with Crippen molar-refractivity contribution in [3.63, 3.8) is 0 Å². The van der Waals surface area contributed by atoms with Gasteiger partial charge in [-0.25, -0.2) is 0 Å². The van der Waals surface area contributed by atoms with Crippen LogP contribution in [0.3, 0.4) is 0 Å². The first-order valence-corrected chi connectivity index (χ1v) is 7.73. The number of phenols is 2. The fourth-order valence-electron chi connectivity index (χ4n) is 2.17. The third-order valence-electron chi connectivity index (χ3n) is 3.31. The van der Waals surface area contributed by atoms with Gasteiger partial charge in [-0.3, -0.25) is 15.6 Å². The van der Waals surface area contributed by atoms with E-state index < -0.39 is 5.91 Å². The van der Waals surface area contributed by atoms with Crippen molar-refractivity contribution in [2.75, 3.05) is 18.5 Å². The van der Waals surface area contributed by atoms with Crippen LogP contribution in [0, 0.1) is 0 Å². The lowest BCUT2D eigenvalue weighted by atomic mass is 10.2. The van der Waals surface area contributed by atoms with Crippen molar-refractivity contribution < 1.29 is 24.5 Å². The van der Waals surface area contributed by atoms with Gasteiger partial charge in [0.25, 0.3) is 5.91 Å². The number of ether oxygens (including phenoxy) is 2. The number of aromatic hydroxyl groups is 2. The van der Waals surface area contributed by atoms with Crippen molar-refractivity contribution in [3.05, 3.63) is 42.0 Å². The molecule has 25 heavy (non-hydrogen) atoms. The van der Waals surface area contributed by atoms with Crippen LogP contribution in [0.2, 0.25) is 0 Å². The van der Waals surface area contributed by atoms with Crippen molar-refractivity contribution >= 4 is 28.9 Å². The van der Waals surface area contributed by atoms with E-state index in [0.717, 1.165) is 6.07 Å². The highest BCUT2D eigenvalue weighted by molar-refractivity contribution is 7.80. The predicted octanol–water partition coefficient (Wildman–Crippen LogP) is 1.50. The number of anilines is 1. The van der Waals surface area contributed by atoms with E-state index >= 15 is 0 Å². The van der Waals surface area contributed by atoms with Gasteiger partial charge in [0.05, 0.1) is 5.56 Å². The molecule has 0 radical (unpaired) electrons. The summed E-state index contributed by atoms with van der Waals surface area (Å²) in [7, 11) is 0. The molecule has 0 aromatic heterocycles. The van der Waals surface area contributed by atoms with E-state index in [2.05, 4.69) is 16.2 Å². The van der Waals surface area contributed by atoms with Crippen molar-refractivity contribution in [2.45, 2.75) is 0 Å². The van der Waals surface area contributed by atoms with Crippen LogP contribution in [0.5, 0.6) is 23.0 Å². The molecule has 0 saturated heterocycles. The third-order valence-corrected chi connectivity index (χ3v) is 3.52. The zero-order valence-electron chi connectivity index (χ0n) is 12.9. The Morgan fingerprint density at radius 2 is 1.76 bits per heavy atom. The molecule has 0 fully saturated rings. The first kappa shape index (κ1) is 16.7. The average molecular weight is 361 g/mol. The number of hydrogen-bond donors (Lipinski definition) is 5. The second kappa shape index (κ2) is 7.14. The minimum absolute atomic E-state index is 0.0883. The lowest BCUT2D eigenvalue weighted by Gasteiger charge is -2.19. The molecular formula is C16H15N3O5S. The first-order chi connectivity index (χ1) is 12.0. The number of benzene rings is 2. The van der Waals surface area contributed by atoms with E-state index in [1.165, 1.54) is 12.1 Å². The molecule has 1 amide bonds. The van der Waals surface area contributed by atoms with E-state index in [1.54, 1.807) is 18.2 Å². The summed E-state index contributed by atoms with van der Waals surface area (Å²) in [6.07, 6.45) is 0. The zero-order chi connectivity index (χ0) is 17.8. The number of phenolic OH excluding ortho intramolecular Hbond substituents is 2. The van der Waals surface area contributed by atoms with Crippen LogP contribution in [-0.2, 0) is 0 Å². The highest BCUT2D eigenvalue weighted by atomic mass is 32.1. The second-order valence-electron chi connectivity index (χ2n) is 5.09. The Hall–Kier alpha value is -3.20. The molecule has 130 valence electrons. The molecule has 2 aromatic carbocycles. The van der Waals surface area contributed by atoms with E-state index in [4.69, 9.17) is 21.7 Å². The molecule has 8 nitrogen and oxygen atoms in total. The Morgan fingerprint density at radius 1 is 1.00 bits per heavy atom. The number of thiocarbonyl (C=S) groups is 1. The molecular weight excluding hydrogens is 346 g/mol. The summed E-state index contributed by atoms with van der Waals surface area (Å²) >= 11 is 5.10. The largest absolute Gasteiger partial charge is 0.508 e. The number of carbonyl (C=O) groups is 1. The van der Waals surface area contributed by atoms with E-state index in [9.17, 15) is 15.0 Å². The van der Waals surface area contributed by atoms with Crippen molar-refractivity contribution in [1.29, 1.82) is 0 Å². The average Bonchev–Trinajstić information content (AvgIpc) is 2.61. The van der Waals surface area contributed by atoms with Gasteiger partial charge >= 0.3 is 0 Å². The summed E-state index contributed by atoms with van der Waals surface area (Å²) in [4.78, 5) is 12.0. The summed E-state index contributed by atoms with van der Waals surface area (Å²) in [5, 5.41) is 22.0. The van der Waals surface area contributed by atoms with Gasteiger partial charge < -0.3 is 25.0 Å². The zero-order valence-corrected chi connectivity index (χ0v) is 13.7. The number of amides is 1. The summed E-state index contributed by atoms with van der Waals surface area (Å²) < 4.78 is 10.9. The molecule has 1 aliphatic heterocycles. The molecule has 2 aromatic rings. The van der Waals surface area contributed by atoms with Gasteiger partial charge in [-0.15, -0.1) is 0 Å². The SMILES string of the molecule is O=C(NNC(=S)Nc1ccc2c(c1)OCCO2)c1cc(O)ccc1O. The third kappa shape index (κ3) is 4.01. The van der Waals surface area contributed by atoms with Crippen LogP contribution in [-0.4, -0.2) is 34.4 Å². The standard InChI is InChI=1S/C16H15N3O5S/c20-10-2-3-12(21)11(8-10)15(22)18-19-16(25)17-9-1-4-13-14(7-9)24-6-5-23-13/h1-4,7-8,20-21H,5-6H2,(H,18,22)(H2,17,19,25). The second-order valence-corrected chi connectivity index (χ2v) is 5.50. The molecule has 0 bridgehead atoms. The van der Waals surface area contributed by atoms with Gasteiger partial charge in [-0.1, -0.05) is 0 Å². The Labute approximate surface area is 148 Å². The first-order valence-electron chi connectivity index (χ1n) is 7.32. The maximum atomic E-state index is 12.0. The molecule has 9 heteroatoms. The molecule has 1 heterocycles. The summed E-state index contributed by atoms with van der Waals surface area (Å²) in [5.41, 5.74) is 5.40. The van der Waals surface area contributed by atoms with Crippen molar-refractivity contribution in [3.8, 4) is 23.0 Å². The molecule has 3 rings (SSSR count). The number of rotatable bonds is 2. The summed E-state index contributed by atoms with van der Waals surface area (Å²) in [6, 6.07) is 8.87. The molecule has 1 aliphatic rings. The monoisotopic (exact) mass is 361 g/mol. The van der Waals surface area contributed by atoms with Crippen LogP contribution >= 0.6 is 12.2 Å². The van der Waals surface area contributed by atoms with Gasteiger partial charge in [0.15, 0.2) is 16.6 Å². The smallest absolute Gasteiger partial charge is 0.273 e. The number of hydrogen-bond acceptors (Lipinski definition) is 6. The van der Waals surface area contributed by atoms with Crippen LogP contribution in [0.1, 0.15) is 10.4 Å².